The molecular formula is C21H22N4O2. The fraction of sp³-hybridized carbons (Fsp3) is 0.286. The second-order valence-corrected chi connectivity index (χ2v) is 6.48. The van der Waals surface area contributed by atoms with E-state index in [9.17, 15) is 4.79 Å². The van der Waals surface area contributed by atoms with Gasteiger partial charge in [-0.25, -0.2) is 9.97 Å². The van der Waals surface area contributed by atoms with Crippen molar-refractivity contribution in [2.24, 2.45) is 0 Å². The molecule has 1 fully saturated rings. The Hall–Kier alpha value is -2.99. The Bertz CT molecular complexity index is 924. The van der Waals surface area contributed by atoms with Crippen molar-refractivity contribution < 1.29 is 9.53 Å². The number of carbonyl (C=O) groups is 1. The van der Waals surface area contributed by atoms with Crippen LogP contribution in [0.3, 0.4) is 0 Å². The molecule has 1 N–H and O–H groups in total. The molecule has 0 radical (unpaired) electrons. The van der Waals surface area contributed by atoms with Gasteiger partial charge in [-0.15, -0.1) is 0 Å². The van der Waals surface area contributed by atoms with Gasteiger partial charge in [0.25, 0.3) is 5.91 Å². The lowest BCUT2D eigenvalue weighted by molar-refractivity contribution is 0.0944. The number of rotatable bonds is 5. The van der Waals surface area contributed by atoms with Gasteiger partial charge in [-0.3, -0.25) is 4.79 Å². The van der Waals surface area contributed by atoms with Crippen molar-refractivity contribution in [1.82, 2.24) is 15.3 Å². The van der Waals surface area contributed by atoms with Crippen LogP contribution in [0.2, 0.25) is 0 Å². The molecule has 0 spiro atoms. The molecule has 138 valence electrons. The zero-order chi connectivity index (χ0) is 18.5. The van der Waals surface area contributed by atoms with Crippen LogP contribution in [0.25, 0.3) is 10.9 Å². The van der Waals surface area contributed by atoms with Crippen LogP contribution in [0.5, 0.6) is 0 Å². The largest absolute Gasteiger partial charge is 0.378 e. The normalized spacial score (nSPS) is 14.3. The van der Waals surface area contributed by atoms with Crippen molar-refractivity contribution in [3.8, 4) is 0 Å². The fourth-order valence-corrected chi connectivity index (χ4v) is 3.22. The summed E-state index contributed by atoms with van der Waals surface area (Å²) in [5, 5.41) is 3.89. The van der Waals surface area contributed by atoms with Crippen molar-refractivity contribution in [1.29, 1.82) is 0 Å². The summed E-state index contributed by atoms with van der Waals surface area (Å²) < 4.78 is 5.44. The van der Waals surface area contributed by atoms with Gasteiger partial charge >= 0.3 is 0 Å². The Labute approximate surface area is 158 Å². The minimum absolute atomic E-state index is 0.211. The van der Waals surface area contributed by atoms with E-state index in [0.717, 1.165) is 36.2 Å². The number of anilines is 1. The Morgan fingerprint density at radius 2 is 1.74 bits per heavy atom. The number of carbonyl (C=O) groups excluding carboxylic acids is 1. The first-order valence-electron chi connectivity index (χ1n) is 9.23. The van der Waals surface area contributed by atoms with E-state index in [1.54, 1.807) is 0 Å². The van der Waals surface area contributed by atoms with E-state index in [4.69, 9.17) is 4.74 Å². The van der Waals surface area contributed by atoms with Crippen LogP contribution in [-0.2, 0) is 11.2 Å². The van der Waals surface area contributed by atoms with Gasteiger partial charge in [-0.1, -0.05) is 42.5 Å². The van der Waals surface area contributed by atoms with E-state index in [2.05, 4.69) is 32.3 Å². The number of nitrogens with zero attached hydrogens (tertiary/aromatic N) is 3. The molecule has 3 aromatic rings. The second-order valence-electron chi connectivity index (χ2n) is 6.48. The molecule has 1 aliphatic heterocycles. The van der Waals surface area contributed by atoms with E-state index >= 15 is 0 Å². The second kappa shape index (κ2) is 8.14. The van der Waals surface area contributed by atoms with Gasteiger partial charge in [0.15, 0.2) is 0 Å². The number of para-hydroxylation sites is 1. The van der Waals surface area contributed by atoms with Crippen LogP contribution in [0, 0.1) is 0 Å². The van der Waals surface area contributed by atoms with Crippen LogP contribution in [0.4, 0.5) is 5.82 Å². The number of hydrogen-bond acceptors (Lipinski definition) is 5. The maximum Gasteiger partial charge on any atom is 0.289 e. The molecule has 1 saturated heterocycles. The van der Waals surface area contributed by atoms with Crippen LogP contribution >= 0.6 is 0 Å². The zero-order valence-electron chi connectivity index (χ0n) is 15.1. The van der Waals surface area contributed by atoms with Gasteiger partial charge in [-0.05, 0) is 24.1 Å². The fourth-order valence-electron chi connectivity index (χ4n) is 3.22. The van der Waals surface area contributed by atoms with Gasteiger partial charge in [0.1, 0.15) is 5.82 Å². The third-order valence-electron chi connectivity index (χ3n) is 4.64. The van der Waals surface area contributed by atoms with Gasteiger partial charge in [-0.2, -0.15) is 0 Å². The molecule has 6 nitrogen and oxygen atoms in total. The smallest absolute Gasteiger partial charge is 0.289 e. The highest BCUT2D eigenvalue weighted by Crippen LogP contribution is 2.24. The molecule has 0 aliphatic carbocycles. The van der Waals surface area contributed by atoms with Crippen molar-refractivity contribution in [3.63, 3.8) is 0 Å². The maximum absolute atomic E-state index is 12.6. The SMILES string of the molecule is O=C(NCCc1ccccc1)c1nc(N2CCOCC2)c2ccccc2n1. The summed E-state index contributed by atoms with van der Waals surface area (Å²) in [6, 6.07) is 17.9. The highest BCUT2D eigenvalue weighted by Gasteiger charge is 2.19. The Kier molecular flexibility index (Phi) is 5.25. The van der Waals surface area contributed by atoms with Crippen molar-refractivity contribution in [3.05, 3.63) is 66.0 Å². The molecule has 0 saturated carbocycles. The molecule has 27 heavy (non-hydrogen) atoms. The Morgan fingerprint density at radius 3 is 2.56 bits per heavy atom. The van der Waals surface area contributed by atoms with E-state index in [0.29, 0.717) is 19.8 Å². The summed E-state index contributed by atoms with van der Waals surface area (Å²) in [6.45, 7) is 3.39. The lowest BCUT2D eigenvalue weighted by Crippen LogP contribution is -2.37. The van der Waals surface area contributed by atoms with Gasteiger partial charge in [0, 0.05) is 25.0 Å². The van der Waals surface area contributed by atoms with Crippen molar-refractivity contribution in [2.75, 3.05) is 37.7 Å². The maximum atomic E-state index is 12.6. The van der Waals surface area contributed by atoms with Crippen LogP contribution < -0.4 is 10.2 Å². The molecule has 1 aromatic heterocycles. The molecule has 4 rings (SSSR count). The van der Waals surface area contributed by atoms with E-state index in [1.165, 1.54) is 5.56 Å². The lowest BCUT2D eigenvalue weighted by atomic mass is 10.1. The third-order valence-corrected chi connectivity index (χ3v) is 4.64. The molecule has 2 aromatic carbocycles. The first-order valence-corrected chi connectivity index (χ1v) is 9.23. The minimum Gasteiger partial charge on any atom is -0.378 e. The molecule has 2 heterocycles. The highest BCUT2D eigenvalue weighted by atomic mass is 16.5. The number of benzene rings is 2. The van der Waals surface area contributed by atoms with Gasteiger partial charge in [0.05, 0.1) is 18.7 Å². The number of nitrogens with one attached hydrogen (secondary N) is 1. The number of ether oxygens (including phenoxy) is 1. The number of aromatic nitrogens is 2. The van der Waals surface area contributed by atoms with E-state index in [-0.39, 0.29) is 11.7 Å². The third kappa shape index (κ3) is 4.06. The predicted octanol–water partition coefficient (Wildman–Crippen LogP) is 2.44. The first kappa shape index (κ1) is 17.4. The first-order chi connectivity index (χ1) is 13.3. The molecule has 0 bridgehead atoms. The summed E-state index contributed by atoms with van der Waals surface area (Å²) in [6.07, 6.45) is 0.774. The lowest BCUT2D eigenvalue weighted by Gasteiger charge is -2.28. The molecular weight excluding hydrogens is 340 g/mol. The predicted molar refractivity (Wildman–Crippen MR) is 105 cm³/mol. The average Bonchev–Trinajstić information content (AvgIpc) is 2.74. The summed E-state index contributed by atoms with van der Waals surface area (Å²) in [4.78, 5) is 23.9. The van der Waals surface area contributed by atoms with Crippen molar-refractivity contribution in [2.45, 2.75) is 6.42 Å². The van der Waals surface area contributed by atoms with E-state index in [1.807, 2.05) is 42.5 Å². The molecule has 6 heteroatoms. The molecule has 0 atom stereocenters. The van der Waals surface area contributed by atoms with Crippen LogP contribution in [0.15, 0.2) is 54.6 Å². The number of amides is 1. The van der Waals surface area contributed by atoms with E-state index < -0.39 is 0 Å². The minimum atomic E-state index is -0.244. The molecule has 1 amide bonds. The van der Waals surface area contributed by atoms with Gasteiger partial charge < -0.3 is 15.0 Å². The Balaban J connectivity index is 1.54. The average molecular weight is 362 g/mol. The molecule has 0 unspecified atom stereocenters. The zero-order valence-corrected chi connectivity index (χ0v) is 15.1. The molecule has 1 aliphatic rings. The number of fused-ring (bicyclic) bond motifs is 1. The summed E-state index contributed by atoms with van der Waals surface area (Å²) in [5.74, 6) is 0.770. The monoisotopic (exact) mass is 362 g/mol. The number of hydrogen-bond donors (Lipinski definition) is 1. The number of morpholine rings is 1. The highest BCUT2D eigenvalue weighted by molar-refractivity contribution is 5.96. The quantitative estimate of drug-likeness (QED) is 0.755. The van der Waals surface area contributed by atoms with Crippen molar-refractivity contribution >= 4 is 22.6 Å². The Morgan fingerprint density at radius 1 is 1.00 bits per heavy atom. The standard InChI is InChI=1S/C21H22N4O2/c26-21(22-11-10-16-6-2-1-3-7-16)19-23-18-9-5-4-8-17(18)20(24-19)25-12-14-27-15-13-25/h1-9H,10-15H2,(H,22,26). The van der Waals surface area contributed by atoms with Crippen LogP contribution in [0.1, 0.15) is 16.2 Å². The summed E-state index contributed by atoms with van der Waals surface area (Å²) >= 11 is 0. The topological polar surface area (TPSA) is 67.4 Å². The van der Waals surface area contributed by atoms with Crippen LogP contribution in [-0.4, -0.2) is 48.7 Å². The summed E-state index contributed by atoms with van der Waals surface area (Å²) in [5.41, 5.74) is 1.97. The van der Waals surface area contributed by atoms with Gasteiger partial charge in [0.2, 0.25) is 5.82 Å². The summed E-state index contributed by atoms with van der Waals surface area (Å²) in [7, 11) is 0.